The monoisotopic (exact) mass is 87.1 g/mol. The van der Waals surface area contributed by atoms with Crippen LogP contribution < -0.4 is 0 Å². The minimum atomic E-state index is 0.806. The third-order valence-corrected chi connectivity index (χ3v) is 0.440. The van der Waals surface area contributed by atoms with E-state index in [0.29, 0.717) is 0 Å². The molecule has 0 aliphatic heterocycles. The van der Waals surface area contributed by atoms with Crippen molar-refractivity contribution in [2.24, 2.45) is 0 Å². The van der Waals surface area contributed by atoms with E-state index in [1.165, 1.54) is 7.05 Å². The van der Waals surface area contributed by atoms with Gasteiger partial charge in [0.15, 0.2) is 0 Å². The van der Waals surface area contributed by atoms with E-state index >= 15 is 0 Å². The Labute approximate surface area is 37.7 Å². The van der Waals surface area contributed by atoms with Crippen molar-refractivity contribution in [3.05, 3.63) is 5.21 Å². The molecule has 0 bridgehead atoms. The highest BCUT2D eigenvalue weighted by Crippen LogP contribution is 1.62. The third-order valence-electron chi connectivity index (χ3n) is 0.440. The molecule has 0 aromatic carbocycles. The standard InChI is InChI=1S/C4H9NO/c1-3-4-5(2)6/h4H,3H2,1-2H3. The molecule has 0 rings (SSSR count). The number of rotatable bonds is 1. The minimum absolute atomic E-state index is 0.806. The van der Waals surface area contributed by atoms with Gasteiger partial charge < -0.3 is 5.21 Å². The van der Waals surface area contributed by atoms with Crippen LogP contribution in [-0.2, 0) is 0 Å². The lowest BCUT2D eigenvalue weighted by atomic mass is 10.5. The van der Waals surface area contributed by atoms with E-state index in [-0.39, 0.29) is 0 Å². The maximum Gasteiger partial charge on any atom is 0.150 e. The van der Waals surface area contributed by atoms with Crippen LogP contribution in [0.2, 0.25) is 0 Å². The molecule has 0 amide bonds. The summed E-state index contributed by atoms with van der Waals surface area (Å²) in [5.74, 6) is 0. The Morgan fingerprint density at radius 1 is 1.83 bits per heavy atom. The van der Waals surface area contributed by atoms with Gasteiger partial charge in [-0.25, -0.2) is 4.74 Å². The number of nitrogens with zero attached hydrogens (tertiary/aromatic N) is 1. The molecule has 0 aliphatic carbocycles. The fourth-order valence-corrected chi connectivity index (χ4v) is 0.257. The average molecular weight is 87.1 g/mol. The predicted octanol–water partition coefficient (Wildman–Crippen LogP) is 0.607. The van der Waals surface area contributed by atoms with Crippen molar-refractivity contribution in [2.75, 3.05) is 7.05 Å². The lowest BCUT2D eigenvalue weighted by Crippen LogP contribution is -1.92. The van der Waals surface area contributed by atoms with E-state index in [1.54, 1.807) is 6.21 Å². The average Bonchev–Trinajstić information content (AvgIpc) is 1.35. The van der Waals surface area contributed by atoms with Crippen LogP contribution >= 0.6 is 0 Å². The van der Waals surface area contributed by atoms with Crippen LogP contribution in [0, 0.1) is 5.21 Å². The molecule has 0 N–H and O–H groups in total. The molecule has 36 valence electrons. The van der Waals surface area contributed by atoms with Crippen molar-refractivity contribution in [1.29, 1.82) is 0 Å². The Bertz CT molecular complexity index is 54.6. The predicted molar refractivity (Wildman–Crippen MR) is 25.9 cm³/mol. The molecule has 0 radical (unpaired) electrons. The molecular formula is C4H9NO. The second-order valence-electron chi connectivity index (χ2n) is 1.14. The summed E-state index contributed by atoms with van der Waals surface area (Å²) in [5.41, 5.74) is 0. The molecule has 0 saturated heterocycles. The molecule has 2 heteroatoms. The third kappa shape index (κ3) is 3.47. The highest BCUT2D eigenvalue weighted by molar-refractivity contribution is 5.50. The van der Waals surface area contributed by atoms with Crippen LogP contribution in [0.3, 0.4) is 0 Å². The summed E-state index contributed by atoms with van der Waals surface area (Å²) in [6.45, 7) is 1.92. The van der Waals surface area contributed by atoms with Gasteiger partial charge in [0.05, 0.1) is 0 Å². The van der Waals surface area contributed by atoms with Gasteiger partial charge in [0, 0.05) is 6.42 Å². The normalized spacial score (nSPS) is 12.0. The first-order chi connectivity index (χ1) is 2.77. The van der Waals surface area contributed by atoms with E-state index < -0.39 is 0 Å². The van der Waals surface area contributed by atoms with Gasteiger partial charge >= 0.3 is 0 Å². The first kappa shape index (κ1) is 5.47. The van der Waals surface area contributed by atoms with Crippen molar-refractivity contribution in [1.82, 2.24) is 0 Å². The Hall–Kier alpha value is -0.530. The van der Waals surface area contributed by atoms with Gasteiger partial charge in [-0.15, -0.1) is 0 Å². The Balaban J connectivity index is 3.14. The van der Waals surface area contributed by atoms with Crippen molar-refractivity contribution in [3.63, 3.8) is 0 Å². The molecule has 0 atom stereocenters. The van der Waals surface area contributed by atoms with Crippen LogP contribution in [-0.4, -0.2) is 18.0 Å². The van der Waals surface area contributed by atoms with E-state index in [2.05, 4.69) is 0 Å². The topological polar surface area (TPSA) is 26.1 Å². The van der Waals surface area contributed by atoms with Crippen LogP contribution in [0.25, 0.3) is 0 Å². The number of hydrogen-bond acceptors (Lipinski definition) is 1. The zero-order valence-electron chi connectivity index (χ0n) is 4.14. The summed E-state index contributed by atoms with van der Waals surface area (Å²) >= 11 is 0. The molecule has 0 unspecified atom stereocenters. The Morgan fingerprint density at radius 2 is 2.33 bits per heavy atom. The largest absolute Gasteiger partial charge is 0.624 e. The molecule has 0 aromatic rings. The van der Waals surface area contributed by atoms with Gasteiger partial charge in [-0.3, -0.25) is 0 Å². The number of hydrogen-bond donors (Lipinski definition) is 0. The summed E-state index contributed by atoms with van der Waals surface area (Å²) in [7, 11) is 1.48. The van der Waals surface area contributed by atoms with E-state index in [9.17, 15) is 5.21 Å². The van der Waals surface area contributed by atoms with Crippen LogP contribution in [0.5, 0.6) is 0 Å². The minimum Gasteiger partial charge on any atom is -0.624 e. The summed E-state index contributed by atoms with van der Waals surface area (Å²) in [6.07, 6.45) is 2.39. The Morgan fingerprint density at radius 3 is 2.33 bits per heavy atom. The lowest BCUT2D eigenvalue weighted by Gasteiger charge is -1.89. The Kier molecular flexibility index (Phi) is 2.46. The molecule has 0 aromatic heterocycles. The van der Waals surface area contributed by atoms with Gasteiger partial charge in [0.1, 0.15) is 13.3 Å². The smallest absolute Gasteiger partial charge is 0.150 e. The summed E-state index contributed by atoms with van der Waals surface area (Å²) in [6, 6.07) is 0. The van der Waals surface area contributed by atoms with Crippen LogP contribution in [0.15, 0.2) is 0 Å². The molecule has 0 spiro atoms. The van der Waals surface area contributed by atoms with E-state index in [1.807, 2.05) is 6.92 Å². The second-order valence-corrected chi connectivity index (χ2v) is 1.14. The van der Waals surface area contributed by atoms with Crippen molar-refractivity contribution >= 4 is 6.21 Å². The summed E-state index contributed by atoms with van der Waals surface area (Å²) in [5, 5.41) is 9.90. The SMILES string of the molecule is CCC=[N+](C)[O-]. The van der Waals surface area contributed by atoms with Crippen molar-refractivity contribution in [3.8, 4) is 0 Å². The van der Waals surface area contributed by atoms with Gasteiger partial charge in [0.25, 0.3) is 0 Å². The maximum absolute atomic E-state index is 9.90. The summed E-state index contributed by atoms with van der Waals surface area (Å²) in [4.78, 5) is 0. The van der Waals surface area contributed by atoms with Crippen molar-refractivity contribution in [2.45, 2.75) is 13.3 Å². The second kappa shape index (κ2) is 2.69. The fraction of sp³-hybridized carbons (Fsp3) is 0.750. The molecular weight excluding hydrogens is 78.0 g/mol. The highest BCUT2D eigenvalue weighted by atomic mass is 16.5. The lowest BCUT2D eigenvalue weighted by molar-refractivity contribution is -0.418. The molecule has 0 heterocycles. The molecule has 6 heavy (non-hydrogen) atoms. The van der Waals surface area contributed by atoms with Gasteiger partial charge in [0.2, 0.25) is 0 Å². The van der Waals surface area contributed by atoms with Crippen molar-refractivity contribution < 1.29 is 4.74 Å². The summed E-state index contributed by atoms with van der Waals surface area (Å²) < 4.78 is 0.806. The van der Waals surface area contributed by atoms with Gasteiger partial charge in [-0.2, -0.15) is 0 Å². The molecule has 0 fully saturated rings. The first-order valence-corrected chi connectivity index (χ1v) is 2.00. The zero-order valence-corrected chi connectivity index (χ0v) is 4.14. The zero-order chi connectivity index (χ0) is 4.99. The van der Waals surface area contributed by atoms with Gasteiger partial charge in [-0.1, -0.05) is 6.92 Å². The molecule has 2 nitrogen and oxygen atoms in total. The quantitative estimate of drug-likeness (QED) is 0.199. The van der Waals surface area contributed by atoms with Crippen LogP contribution in [0.4, 0.5) is 0 Å². The number of hydroxylamine groups is 1. The van der Waals surface area contributed by atoms with E-state index in [0.717, 1.165) is 11.2 Å². The first-order valence-electron chi connectivity index (χ1n) is 2.00. The van der Waals surface area contributed by atoms with E-state index in [4.69, 9.17) is 0 Å². The molecule has 0 aliphatic rings. The fourth-order valence-electron chi connectivity index (χ4n) is 0.257. The van der Waals surface area contributed by atoms with Gasteiger partial charge in [-0.05, 0) is 0 Å². The highest BCUT2D eigenvalue weighted by Gasteiger charge is 1.69. The maximum atomic E-state index is 9.90. The van der Waals surface area contributed by atoms with Crippen LogP contribution in [0.1, 0.15) is 13.3 Å². The molecule has 0 saturated carbocycles.